The Morgan fingerprint density at radius 3 is 2.42 bits per heavy atom. The Kier molecular flexibility index (Phi) is 5.43. The van der Waals surface area contributed by atoms with Crippen LogP contribution < -0.4 is 14.2 Å². The van der Waals surface area contributed by atoms with Gasteiger partial charge < -0.3 is 18.7 Å². The lowest BCUT2D eigenvalue weighted by molar-refractivity contribution is 0.355. The Hall–Kier alpha value is -2.99. The fourth-order valence-corrected chi connectivity index (χ4v) is 2.61. The molecule has 0 saturated heterocycles. The largest absolute Gasteiger partial charge is 0.496 e. The lowest BCUT2D eigenvalue weighted by Gasteiger charge is -2.07. The maximum absolute atomic E-state index is 6.35. The van der Waals surface area contributed by atoms with Crippen LogP contribution in [0.3, 0.4) is 0 Å². The van der Waals surface area contributed by atoms with E-state index in [0.29, 0.717) is 28.1 Å². The lowest BCUT2D eigenvalue weighted by atomic mass is 10.2. The number of aromatic nitrogens is 2. The zero-order chi connectivity index (χ0) is 18.5. The fraction of sp³-hybridized carbons (Fsp3) is 0.158. The van der Waals surface area contributed by atoms with Crippen molar-refractivity contribution in [1.29, 1.82) is 0 Å². The zero-order valence-electron chi connectivity index (χ0n) is 14.5. The molecule has 0 aliphatic rings. The first kappa shape index (κ1) is 17.8. The van der Waals surface area contributed by atoms with E-state index in [9.17, 15) is 0 Å². The molecule has 0 radical (unpaired) electrons. The Morgan fingerprint density at radius 2 is 1.69 bits per heavy atom. The number of rotatable bonds is 6. The van der Waals surface area contributed by atoms with Gasteiger partial charge in [-0.3, -0.25) is 0 Å². The van der Waals surface area contributed by atoms with Crippen LogP contribution in [-0.2, 0) is 0 Å². The molecule has 0 spiro atoms. The van der Waals surface area contributed by atoms with Gasteiger partial charge in [0, 0.05) is 0 Å². The molecule has 6 nitrogen and oxygen atoms in total. The maximum atomic E-state index is 6.35. The van der Waals surface area contributed by atoms with Crippen molar-refractivity contribution in [2.45, 2.75) is 0 Å². The van der Waals surface area contributed by atoms with E-state index in [4.69, 9.17) is 30.3 Å². The second-order valence-corrected chi connectivity index (χ2v) is 5.64. The van der Waals surface area contributed by atoms with Crippen molar-refractivity contribution in [3.05, 3.63) is 53.9 Å². The number of para-hydroxylation sites is 1. The van der Waals surface area contributed by atoms with Crippen molar-refractivity contribution in [3.63, 3.8) is 0 Å². The average molecular weight is 373 g/mol. The summed E-state index contributed by atoms with van der Waals surface area (Å²) in [6.45, 7) is 0. The molecule has 7 heteroatoms. The summed E-state index contributed by atoms with van der Waals surface area (Å²) in [4.78, 5) is 4.35. The maximum Gasteiger partial charge on any atom is 0.269 e. The van der Waals surface area contributed by atoms with Gasteiger partial charge in [-0.2, -0.15) is 4.98 Å². The van der Waals surface area contributed by atoms with Crippen molar-refractivity contribution < 1.29 is 18.7 Å². The van der Waals surface area contributed by atoms with Crippen molar-refractivity contribution >= 4 is 22.7 Å². The van der Waals surface area contributed by atoms with Gasteiger partial charge in [0.15, 0.2) is 11.5 Å². The van der Waals surface area contributed by atoms with Crippen LogP contribution in [0.5, 0.6) is 17.2 Å². The molecule has 2 aromatic carbocycles. The molecule has 0 bridgehead atoms. The van der Waals surface area contributed by atoms with Crippen LogP contribution in [0.4, 0.5) is 0 Å². The van der Waals surface area contributed by atoms with Crippen molar-refractivity contribution in [2.24, 2.45) is 0 Å². The second kappa shape index (κ2) is 7.93. The minimum Gasteiger partial charge on any atom is -0.496 e. The summed E-state index contributed by atoms with van der Waals surface area (Å²) in [5.74, 6) is 2.50. The molecule has 0 N–H and O–H groups in total. The van der Waals surface area contributed by atoms with Crippen LogP contribution >= 0.6 is 11.6 Å². The quantitative estimate of drug-likeness (QED) is 0.634. The molecule has 0 unspecified atom stereocenters. The number of benzene rings is 2. The average Bonchev–Trinajstić information content (AvgIpc) is 3.18. The van der Waals surface area contributed by atoms with Crippen LogP contribution in [0.1, 0.15) is 11.5 Å². The van der Waals surface area contributed by atoms with Crippen LogP contribution in [0.25, 0.3) is 22.5 Å². The van der Waals surface area contributed by atoms with E-state index in [1.165, 1.54) is 0 Å². The van der Waals surface area contributed by atoms with Gasteiger partial charge in [-0.25, -0.2) is 0 Å². The van der Waals surface area contributed by atoms with Crippen LogP contribution in [-0.4, -0.2) is 31.5 Å². The summed E-state index contributed by atoms with van der Waals surface area (Å²) in [5.41, 5.74) is 1.53. The molecule has 0 aliphatic carbocycles. The molecule has 0 aliphatic heterocycles. The topological polar surface area (TPSA) is 66.6 Å². The van der Waals surface area contributed by atoms with Gasteiger partial charge >= 0.3 is 0 Å². The summed E-state index contributed by atoms with van der Waals surface area (Å²) < 4.78 is 21.1. The number of methoxy groups -OCH3 is 3. The number of halogens is 1. The summed E-state index contributed by atoms with van der Waals surface area (Å²) in [6.07, 6.45) is 1.71. The number of hydrogen-bond acceptors (Lipinski definition) is 6. The van der Waals surface area contributed by atoms with E-state index in [0.717, 1.165) is 11.1 Å². The van der Waals surface area contributed by atoms with Crippen molar-refractivity contribution in [3.8, 4) is 28.6 Å². The summed E-state index contributed by atoms with van der Waals surface area (Å²) in [6, 6.07) is 12.9. The Labute approximate surface area is 156 Å². The van der Waals surface area contributed by atoms with Gasteiger partial charge in [0.05, 0.1) is 26.9 Å². The predicted molar refractivity (Wildman–Crippen MR) is 99.6 cm³/mol. The van der Waals surface area contributed by atoms with Crippen LogP contribution in [0.2, 0.25) is 0 Å². The van der Waals surface area contributed by atoms with Gasteiger partial charge in [-0.1, -0.05) is 35.0 Å². The van der Waals surface area contributed by atoms with Crippen molar-refractivity contribution in [1.82, 2.24) is 10.1 Å². The third kappa shape index (κ3) is 3.65. The highest BCUT2D eigenvalue weighted by Crippen LogP contribution is 2.32. The standard InChI is InChI=1S/C19H17ClN2O4/c1-23-15-7-5-4-6-13(15)18-21-19(26-22-18)14(20)10-12-8-9-16(24-2)17(11-12)25-3/h4-11H,1-3H3/b14-10-. The minimum absolute atomic E-state index is 0.211. The van der Waals surface area contributed by atoms with E-state index in [2.05, 4.69) is 10.1 Å². The molecule has 134 valence electrons. The van der Waals surface area contributed by atoms with Gasteiger partial charge in [-0.15, -0.1) is 0 Å². The number of ether oxygens (including phenoxy) is 3. The SMILES string of the molecule is COc1ccc(/C=C(\Cl)c2nc(-c3ccccc3OC)no2)cc1OC. The molecule has 1 heterocycles. The molecular formula is C19H17ClN2O4. The monoisotopic (exact) mass is 372 g/mol. The van der Waals surface area contributed by atoms with Crippen molar-refractivity contribution in [2.75, 3.05) is 21.3 Å². The Bertz CT molecular complexity index is 937. The molecule has 0 saturated carbocycles. The van der Waals surface area contributed by atoms with Crippen LogP contribution in [0.15, 0.2) is 47.0 Å². The van der Waals surface area contributed by atoms with Gasteiger partial charge in [-0.05, 0) is 35.9 Å². The first-order chi connectivity index (χ1) is 12.7. The summed E-state index contributed by atoms with van der Waals surface area (Å²) in [5, 5.41) is 4.29. The molecule has 26 heavy (non-hydrogen) atoms. The third-order valence-electron chi connectivity index (χ3n) is 3.68. The van der Waals surface area contributed by atoms with E-state index >= 15 is 0 Å². The highest BCUT2D eigenvalue weighted by Gasteiger charge is 2.15. The smallest absolute Gasteiger partial charge is 0.269 e. The molecule has 3 aromatic rings. The summed E-state index contributed by atoms with van der Waals surface area (Å²) >= 11 is 6.35. The first-order valence-corrected chi connectivity index (χ1v) is 8.10. The highest BCUT2D eigenvalue weighted by molar-refractivity contribution is 6.50. The van der Waals surface area contributed by atoms with E-state index < -0.39 is 0 Å². The minimum atomic E-state index is 0.211. The number of hydrogen-bond donors (Lipinski definition) is 0. The zero-order valence-corrected chi connectivity index (χ0v) is 15.3. The molecule has 3 rings (SSSR count). The van der Waals surface area contributed by atoms with Gasteiger partial charge in [0.2, 0.25) is 5.82 Å². The summed E-state index contributed by atoms with van der Waals surface area (Å²) in [7, 11) is 4.74. The van der Waals surface area contributed by atoms with E-state index in [1.54, 1.807) is 39.5 Å². The Morgan fingerprint density at radius 1 is 0.962 bits per heavy atom. The van der Waals surface area contributed by atoms with E-state index in [-0.39, 0.29) is 5.89 Å². The first-order valence-electron chi connectivity index (χ1n) is 7.73. The lowest BCUT2D eigenvalue weighted by Crippen LogP contribution is -1.90. The molecular weight excluding hydrogens is 356 g/mol. The molecule has 0 atom stereocenters. The molecule has 0 fully saturated rings. The number of nitrogens with zero attached hydrogens (tertiary/aromatic N) is 2. The van der Waals surface area contributed by atoms with Gasteiger partial charge in [0.1, 0.15) is 10.8 Å². The third-order valence-corrected chi connectivity index (χ3v) is 3.95. The Balaban J connectivity index is 1.90. The fourth-order valence-electron chi connectivity index (χ4n) is 2.41. The normalized spacial score (nSPS) is 11.3. The highest BCUT2D eigenvalue weighted by atomic mass is 35.5. The van der Waals surface area contributed by atoms with Gasteiger partial charge in [0.25, 0.3) is 5.89 Å². The molecule has 1 aromatic heterocycles. The molecule has 0 amide bonds. The second-order valence-electron chi connectivity index (χ2n) is 5.23. The predicted octanol–water partition coefficient (Wildman–Crippen LogP) is 4.50. The van der Waals surface area contributed by atoms with Crippen LogP contribution in [0, 0.1) is 0 Å². The van der Waals surface area contributed by atoms with E-state index in [1.807, 2.05) is 30.3 Å².